The van der Waals surface area contributed by atoms with Crippen molar-refractivity contribution in [2.75, 3.05) is 0 Å². The SMILES string of the molecule is C=C1CC[C@H]2C[C@]3(C)C[C@@H](O)C(C)(C)[C@@H]3[C@@H]12. The van der Waals surface area contributed by atoms with Crippen LogP contribution >= 0.6 is 0 Å². The summed E-state index contributed by atoms with van der Waals surface area (Å²) < 4.78 is 0. The van der Waals surface area contributed by atoms with E-state index in [4.69, 9.17) is 0 Å². The molecule has 3 aliphatic carbocycles. The summed E-state index contributed by atoms with van der Waals surface area (Å²) in [4.78, 5) is 0. The van der Waals surface area contributed by atoms with E-state index in [0.717, 1.165) is 12.3 Å². The number of aliphatic hydroxyl groups is 1. The average molecular weight is 220 g/mol. The van der Waals surface area contributed by atoms with Crippen molar-refractivity contribution in [2.45, 2.75) is 52.6 Å². The topological polar surface area (TPSA) is 20.2 Å². The van der Waals surface area contributed by atoms with Crippen LogP contribution in [0.25, 0.3) is 0 Å². The van der Waals surface area contributed by atoms with Gasteiger partial charge in [0.15, 0.2) is 0 Å². The van der Waals surface area contributed by atoms with Crippen molar-refractivity contribution in [3.05, 3.63) is 12.2 Å². The van der Waals surface area contributed by atoms with Gasteiger partial charge in [0, 0.05) is 0 Å². The van der Waals surface area contributed by atoms with Gasteiger partial charge in [0.2, 0.25) is 0 Å². The van der Waals surface area contributed by atoms with E-state index in [2.05, 4.69) is 27.4 Å². The van der Waals surface area contributed by atoms with E-state index in [1.165, 1.54) is 24.8 Å². The standard InChI is InChI=1S/C15H24O/c1-9-5-6-10-7-15(4)8-11(16)14(2,3)13(15)12(9)10/h10-13,16H,1,5-8H2,2-4H3/t10-,11+,12-,13-,15+/m0/s1. The number of allylic oxidation sites excluding steroid dienone is 1. The second kappa shape index (κ2) is 2.93. The van der Waals surface area contributed by atoms with Crippen LogP contribution < -0.4 is 0 Å². The van der Waals surface area contributed by atoms with Crippen LogP contribution in [-0.2, 0) is 0 Å². The van der Waals surface area contributed by atoms with Gasteiger partial charge in [0.05, 0.1) is 6.10 Å². The lowest BCUT2D eigenvalue weighted by Crippen LogP contribution is -2.34. The lowest BCUT2D eigenvalue weighted by atomic mass is 9.68. The van der Waals surface area contributed by atoms with Gasteiger partial charge in [0.1, 0.15) is 0 Å². The van der Waals surface area contributed by atoms with Gasteiger partial charge in [0.25, 0.3) is 0 Å². The molecular weight excluding hydrogens is 196 g/mol. The highest BCUT2D eigenvalue weighted by Gasteiger charge is 2.64. The molecule has 0 aromatic rings. The molecule has 1 nitrogen and oxygen atoms in total. The van der Waals surface area contributed by atoms with E-state index in [1.807, 2.05) is 0 Å². The summed E-state index contributed by atoms with van der Waals surface area (Å²) in [7, 11) is 0. The summed E-state index contributed by atoms with van der Waals surface area (Å²) in [5.41, 5.74) is 1.93. The summed E-state index contributed by atoms with van der Waals surface area (Å²) in [5, 5.41) is 10.3. The monoisotopic (exact) mass is 220 g/mol. The summed E-state index contributed by atoms with van der Waals surface area (Å²) in [5.74, 6) is 2.24. The number of aliphatic hydroxyl groups excluding tert-OH is 1. The molecule has 0 aromatic carbocycles. The Balaban J connectivity index is 2.04. The molecule has 0 heterocycles. The molecule has 0 radical (unpaired) electrons. The number of rotatable bonds is 0. The molecule has 3 aliphatic rings. The van der Waals surface area contributed by atoms with Crippen molar-refractivity contribution in [1.29, 1.82) is 0 Å². The first-order valence-corrected chi connectivity index (χ1v) is 6.72. The van der Waals surface area contributed by atoms with Crippen LogP contribution in [0, 0.1) is 28.6 Å². The lowest BCUT2D eigenvalue weighted by Gasteiger charge is -2.37. The zero-order chi connectivity index (χ0) is 11.7. The van der Waals surface area contributed by atoms with Gasteiger partial charge in [-0.25, -0.2) is 0 Å². The fourth-order valence-electron chi connectivity index (χ4n) is 5.43. The first-order chi connectivity index (χ1) is 7.36. The Morgan fingerprint density at radius 1 is 1.25 bits per heavy atom. The summed E-state index contributed by atoms with van der Waals surface area (Å²) in [6.07, 6.45) is 4.79. The molecule has 0 bridgehead atoms. The third kappa shape index (κ3) is 1.11. The Morgan fingerprint density at radius 3 is 2.62 bits per heavy atom. The molecule has 0 saturated heterocycles. The Morgan fingerprint density at radius 2 is 1.94 bits per heavy atom. The minimum Gasteiger partial charge on any atom is -0.393 e. The van der Waals surface area contributed by atoms with Gasteiger partial charge in [-0.2, -0.15) is 0 Å². The third-order valence-corrected chi connectivity index (χ3v) is 5.97. The quantitative estimate of drug-likeness (QED) is 0.620. The molecule has 0 amide bonds. The van der Waals surface area contributed by atoms with E-state index in [-0.39, 0.29) is 11.5 Å². The molecular formula is C15H24O. The van der Waals surface area contributed by atoms with Crippen molar-refractivity contribution < 1.29 is 5.11 Å². The largest absolute Gasteiger partial charge is 0.393 e. The van der Waals surface area contributed by atoms with E-state index >= 15 is 0 Å². The Kier molecular flexibility index (Phi) is 1.98. The van der Waals surface area contributed by atoms with Crippen LogP contribution in [0.2, 0.25) is 0 Å². The molecule has 5 atom stereocenters. The van der Waals surface area contributed by atoms with Crippen molar-refractivity contribution in [3.63, 3.8) is 0 Å². The summed E-state index contributed by atoms with van der Waals surface area (Å²) in [6, 6.07) is 0. The number of hydrogen-bond acceptors (Lipinski definition) is 1. The molecule has 3 fully saturated rings. The van der Waals surface area contributed by atoms with Gasteiger partial charge in [-0.1, -0.05) is 32.9 Å². The van der Waals surface area contributed by atoms with Crippen LogP contribution in [0.3, 0.4) is 0 Å². The second-order valence-electron chi connectivity index (χ2n) is 7.36. The van der Waals surface area contributed by atoms with Crippen LogP contribution in [-0.4, -0.2) is 11.2 Å². The van der Waals surface area contributed by atoms with E-state index < -0.39 is 0 Å². The third-order valence-electron chi connectivity index (χ3n) is 5.97. The maximum atomic E-state index is 10.3. The molecule has 0 unspecified atom stereocenters. The molecule has 0 spiro atoms. The predicted molar refractivity (Wildman–Crippen MR) is 66.0 cm³/mol. The minimum absolute atomic E-state index is 0.0848. The van der Waals surface area contributed by atoms with Gasteiger partial charge in [-0.15, -0.1) is 0 Å². The molecule has 3 rings (SSSR count). The highest BCUT2D eigenvalue weighted by molar-refractivity contribution is 5.23. The average Bonchev–Trinajstić information content (AvgIpc) is 2.67. The van der Waals surface area contributed by atoms with Crippen molar-refractivity contribution in [2.24, 2.45) is 28.6 Å². The Labute approximate surface area is 98.9 Å². The predicted octanol–water partition coefficient (Wildman–Crippen LogP) is 3.39. The highest BCUT2D eigenvalue weighted by Crippen LogP contribution is 2.69. The van der Waals surface area contributed by atoms with E-state index in [0.29, 0.717) is 17.3 Å². The fourth-order valence-corrected chi connectivity index (χ4v) is 5.43. The fraction of sp³-hybridized carbons (Fsp3) is 0.867. The lowest BCUT2D eigenvalue weighted by molar-refractivity contribution is 0.0387. The van der Waals surface area contributed by atoms with Crippen LogP contribution in [0.5, 0.6) is 0 Å². The molecule has 1 N–H and O–H groups in total. The highest BCUT2D eigenvalue weighted by atomic mass is 16.3. The van der Waals surface area contributed by atoms with Gasteiger partial charge >= 0.3 is 0 Å². The van der Waals surface area contributed by atoms with Gasteiger partial charge in [-0.3, -0.25) is 0 Å². The zero-order valence-corrected chi connectivity index (χ0v) is 10.8. The van der Waals surface area contributed by atoms with Crippen molar-refractivity contribution >= 4 is 0 Å². The normalized spacial score (nSPS) is 54.1. The Bertz CT molecular complexity index is 343. The first kappa shape index (κ1) is 10.8. The maximum Gasteiger partial charge on any atom is 0.0599 e. The minimum atomic E-state index is -0.114. The Hall–Kier alpha value is -0.300. The molecule has 90 valence electrons. The smallest absolute Gasteiger partial charge is 0.0599 e. The molecule has 3 saturated carbocycles. The van der Waals surface area contributed by atoms with E-state index in [9.17, 15) is 5.11 Å². The second-order valence-corrected chi connectivity index (χ2v) is 7.36. The van der Waals surface area contributed by atoms with Gasteiger partial charge in [-0.05, 0) is 54.3 Å². The summed E-state index contributed by atoms with van der Waals surface area (Å²) >= 11 is 0. The summed E-state index contributed by atoms with van der Waals surface area (Å²) in [6.45, 7) is 11.2. The van der Waals surface area contributed by atoms with Crippen molar-refractivity contribution in [3.8, 4) is 0 Å². The van der Waals surface area contributed by atoms with Gasteiger partial charge < -0.3 is 5.11 Å². The van der Waals surface area contributed by atoms with Crippen LogP contribution in [0.1, 0.15) is 46.5 Å². The zero-order valence-electron chi connectivity index (χ0n) is 10.8. The number of fused-ring (bicyclic) bond motifs is 3. The first-order valence-electron chi connectivity index (χ1n) is 6.72. The van der Waals surface area contributed by atoms with Crippen LogP contribution in [0.4, 0.5) is 0 Å². The maximum absolute atomic E-state index is 10.3. The molecule has 1 heteroatoms. The number of hydrogen-bond donors (Lipinski definition) is 1. The van der Waals surface area contributed by atoms with E-state index in [1.54, 1.807) is 0 Å². The molecule has 16 heavy (non-hydrogen) atoms. The molecule has 0 aromatic heterocycles. The molecule has 0 aliphatic heterocycles. The van der Waals surface area contributed by atoms with Crippen LogP contribution in [0.15, 0.2) is 12.2 Å². The van der Waals surface area contributed by atoms with Crippen molar-refractivity contribution in [1.82, 2.24) is 0 Å².